The molecule has 0 fully saturated rings. The van der Waals surface area contributed by atoms with Gasteiger partial charge in [-0.2, -0.15) is 0 Å². The smallest absolute Gasteiger partial charge is 0.134 e. The van der Waals surface area contributed by atoms with Gasteiger partial charge in [0.25, 0.3) is 0 Å². The van der Waals surface area contributed by atoms with Gasteiger partial charge in [-0.3, -0.25) is 4.79 Å². The molecule has 0 spiro atoms. The molecular weight excluding hydrogens is 184 g/mol. The normalized spacial score (nSPS) is 10.1. The minimum absolute atomic E-state index is 0.193. The molecule has 0 saturated heterocycles. The lowest BCUT2D eigenvalue weighted by Gasteiger charge is -2.04. The average molecular weight is 197 g/mol. The summed E-state index contributed by atoms with van der Waals surface area (Å²) in [4.78, 5) is 10.9. The first-order chi connectivity index (χ1) is 6.13. The quantitative estimate of drug-likeness (QED) is 0.680. The van der Waals surface area contributed by atoms with E-state index in [1.807, 2.05) is 25.1 Å². The number of carbonyl (C=O) groups excluding carboxylic acids is 1. The first-order valence-electron chi connectivity index (χ1n) is 4.27. The number of hydrogen-bond acceptors (Lipinski definition) is 1. The van der Waals surface area contributed by atoms with E-state index >= 15 is 0 Å². The van der Waals surface area contributed by atoms with E-state index in [1.54, 1.807) is 6.92 Å². The molecule has 0 aromatic heterocycles. The molecule has 0 aliphatic carbocycles. The summed E-state index contributed by atoms with van der Waals surface area (Å²) in [6, 6.07) is 5.98. The van der Waals surface area contributed by atoms with Gasteiger partial charge in [-0.1, -0.05) is 18.2 Å². The number of halogens is 1. The van der Waals surface area contributed by atoms with Crippen molar-refractivity contribution < 1.29 is 4.79 Å². The number of ketones is 1. The number of carbonyl (C=O) groups is 1. The fraction of sp³-hybridized carbons (Fsp3) is 0.364. The third-order valence-corrected chi connectivity index (χ3v) is 2.29. The second-order valence-electron chi connectivity index (χ2n) is 3.27. The summed E-state index contributed by atoms with van der Waals surface area (Å²) in [6.07, 6.45) is 0.517. The topological polar surface area (TPSA) is 17.1 Å². The number of alkyl halides is 1. The molecule has 70 valence electrons. The van der Waals surface area contributed by atoms with Gasteiger partial charge in [-0.25, -0.2) is 0 Å². The van der Waals surface area contributed by atoms with Crippen molar-refractivity contribution in [1.82, 2.24) is 0 Å². The maximum Gasteiger partial charge on any atom is 0.134 e. The molecule has 0 atom stereocenters. The summed E-state index contributed by atoms with van der Waals surface area (Å²) in [7, 11) is 0. The van der Waals surface area contributed by atoms with Crippen LogP contribution >= 0.6 is 11.6 Å². The van der Waals surface area contributed by atoms with E-state index < -0.39 is 0 Å². The lowest BCUT2D eigenvalue weighted by molar-refractivity contribution is -0.116. The van der Waals surface area contributed by atoms with Crippen LogP contribution in [0.4, 0.5) is 0 Å². The summed E-state index contributed by atoms with van der Waals surface area (Å²) in [5.74, 6) is 0.727. The Morgan fingerprint density at radius 2 is 2.15 bits per heavy atom. The van der Waals surface area contributed by atoms with Crippen LogP contribution in [0.1, 0.15) is 23.6 Å². The highest BCUT2D eigenvalue weighted by molar-refractivity contribution is 6.17. The highest BCUT2D eigenvalue weighted by Gasteiger charge is 2.00. The van der Waals surface area contributed by atoms with Crippen molar-refractivity contribution in [1.29, 1.82) is 0 Å². The molecule has 1 nitrogen and oxygen atoms in total. The van der Waals surface area contributed by atoms with Gasteiger partial charge in [0.2, 0.25) is 0 Å². The van der Waals surface area contributed by atoms with Crippen molar-refractivity contribution in [2.45, 2.75) is 26.1 Å². The van der Waals surface area contributed by atoms with Crippen molar-refractivity contribution in [3.8, 4) is 0 Å². The molecule has 0 N–H and O–H groups in total. The van der Waals surface area contributed by atoms with Crippen molar-refractivity contribution in [3.63, 3.8) is 0 Å². The average Bonchev–Trinajstić information content (AvgIpc) is 2.03. The Bertz CT molecular complexity index is 318. The van der Waals surface area contributed by atoms with E-state index in [2.05, 4.69) is 0 Å². The maximum atomic E-state index is 10.9. The Hall–Kier alpha value is -0.820. The second kappa shape index (κ2) is 4.43. The molecule has 0 radical (unpaired) electrons. The molecule has 13 heavy (non-hydrogen) atoms. The van der Waals surface area contributed by atoms with Gasteiger partial charge in [0.15, 0.2) is 0 Å². The Balaban J connectivity index is 2.89. The molecule has 0 amide bonds. The van der Waals surface area contributed by atoms with Crippen LogP contribution in [0.2, 0.25) is 0 Å². The summed E-state index contributed by atoms with van der Waals surface area (Å²) in [6.45, 7) is 3.62. The zero-order valence-corrected chi connectivity index (χ0v) is 8.69. The fourth-order valence-electron chi connectivity index (χ4n) is 1.31. The van der Waals surface area contributed by atoms with E-state index in [-0.39, 0.29) is 5.78 Å². The van der Waals surface area contributed by atoms with E-state index in [0.29, 0.717) is 12.3 Å². The van der Waals surface area contributed by atoms with Crippen molar-refractivity contribution in [2.75, 3.05) is 0 Å². The maximum absolute atomic E-state index is 10.9. The van der Waals surface area contributed by atoms with Crippen LogP contribution in [0.15, 0.2) is 18.2 Å². The number of aryl methyl sites for hydroxylation is 1. The monoisotopic (exact) mass is 196 g/mol. The van der Waals surface area contributed by atoms with Crippen LogP contribution in [-0.2, 0) is 17.1 Å². The van der Waals surface area contributed by atoms with Crippen LogP contribution in [0.25, 0.3) is 0 Å². The Morgan fingerprint density at radius 1 is 1.46 bits per heavy atom. The number of Topliss-reactive ketones (excluding diaryl/α,β-unsaturated/α-hetero) is 1. The van der Waals surface area contributed by atoms with Crippen LogP contribution in [-0.4, -0.2) is 5.78 Å². The third-order valence-electron chi connectivity index (χ3n) is 2.00. The molecule has 0 bridgehead atoms. The minimum atomic E-state index is 0.193. The predicted molar refractivity (Wildman–Crippen MR) is 55.1 cm³/mol. The summed E-state index contributed by atoms with van der Waals surface area (Å²) >= 11 is 5.72. The molecule has 1 aromatic carbocycles. The van der Waals surface area contributed by atoms with Gasteiger partial charge in [-0.05, 0) is 30.5 Å². The largest absolute Gasteiger partial charge is 0.300 e. The lowest BCUT2D eigenvalue weighted by Crippen LogP contribution is -1.97. The van der Waals surface area contributed by atoms with Gasteiger partial charge < -0.3 is 0 Å². The van der Waals surface area contributed by atoms with Gasteiger partial charge in [0, 0.05) is 12.3 Å². The first-order valence-corrected chi connectivity index (χ1v) is 4.80. The second-order valence-corrected chi connectivity index (χ2v) is 3.54. The first kappa shape index (κ1) is 10.3. The Labute approximate surface area is 83.7 Å². The molecule has 0 heterocycles. The lowest BCUT2D eigenvalue weighted by atomic mass is 10.0. The zero-order chi connectivity index (χ0) is 9.84. The van der Waals surface area contributed by atoms with Gasteiger partial charge in [-0.15, -0.1) is 11.6 Å². The van der Waals surface area contributed by atoms with Crippen molar-refractivity contribution >= 4 is 17.4 Å². The molecule has 1 aromatic rings. The highest BCUT2D eigenvalue weighted by Crippen LogP contribution is 2.13. The summed E-state index contributed by atoms with van der Waals surface area (Å²) < 4.78 is 0. The molecule has 0 unspecified atom stereocenters. The highest BCUT2D eigenvalue weighted by atomic mass is 35.5. The fourth-order valence-corrected chi connectivity index (χ4v) is 1.61. The summed E-state index contributed by atoms with van der Waals surface area (Å²) in [5, 5.41) is 0. The number of hydrogen-bond donors (Lipinski definition) is 0. The minimum Gasteiger partial charge on any atom is -0.300 e. The molecular formula is C11H13ClO. The van der Waals surface area contributed by atoms with E-state index in [1.165, 1.54) is 0 Å². The van der Waals surface area contributed by atoms with Crippen molar-refractivity contribution in [2.24, 2.45) is 0 Å². The van der Waals surface area contributed by atoms with E-state index in [9.17, 15) is 4.79 Å². The van der Waals surface area contributed by atoms with Crippen LogP contribution in [0.3, 0.4) is 0 Å². The van der Waals surface area contributed by atoms with Crippen molar-refractivity contribution in [3.05, 3.63) is 34.9 Å². The molecule has 2 heteroatoms. The van der Waals surface area contributed by atoms with Crippen LogP contribution < -0.4 is 0 Å². The Kier molecular flexibility index (Phi) is 3.49. The molecule has 1 rings (SSSR count). The van der Waals surface area contributed by atoms with Gasteiger partial charge in [0.05, 0.1) is 0 Å². The molecule has 0 saturated carbocycles. The van der Waals surface area contributed by atoms with E-state index in [0.717, 1.165) is 16.7 Å². The predicted octanol–water partition coefficient (Wildman–Crippen LogP) is 2.87. The standard InChI is InChI=1S/C11H13ClO/c1-8-5-10(6-9(2)13)3-4-11(8)7-12/h3-5H,6-7H2,1-2H3. The van der Waals surface area contributed by atoms with Gasteiger partial charge in [0.1, 0.15) is 5.78 Å². The third kappa shape index (κ3) is 2.85. The molecule has 0 aliphatic rings. The molecule has 0 aliphatic heterocycles. The van der Waals surface area contributed by atoms with Crippen LogP contribution in [0.5, 0.6) is 0 Å². The SMILES string of the molecule is CC(=O)Cc1ccc(CCl)c(C)c1. The zero-order valence-electron chi connectivity index (χ0n) is 7.93. The van der Waals surface area contributed by atoms with E-state index in [4.69, 9.17) is 11.6 Å². The number of benzene rings is 1. The summed E-state index contributed by atoms with van der Waals surface area (Å²) in [5.41, 5.74) is 3.36. The van der Waals surface area contributed by atoms with Crippen LogP contribution in [0, 0.1) is 6.92 Å². The Morgan fingerprint density at radius 3 is 2.62 bits per heavy atom. The number of rotatable bonds is 3. The van der Waals surface area contributed by atoms with Gasteiger partial charge >= 0.3 is 0 Å².